The number of aryl methyl sites for hydroxylation is 1. The lowest BCUT2D eigenvalue weighted by molar-refractivity contribution is 0.0935. The van der Waals surface area contributed by atoms with Crippen LogP contribution in [-0.4, -0.2) is 29.0 Å². The summed E-state index contributed by atoms with van der Waals surface area (Å²) >= 11 is 1.44. The first kappa shape index (κ1) is 13.0. The zero-order chi connectivity index (χ0) is 14.4. The Labute approximate surface area is 126 Å². The van der Waals surface area contributed by atoms with E-state index in [2.05, 4.69) is 15.6 Å². The third-order valence-corrected chi connectivity index (χ3v) is 5.41. The van der Waals surface area contributed by atoms with Crippen molar-refractivity contribution in [1.29, 1.82) is 0 Å². The summed E-state index contributed by atoms with van der Waals surface area (Å²) in [6, 6.07) is 5.09. The van der Waals surface area contributed by atoms with E-state index in [-0.39, 0.29) is 11.9 Å². The maximum atomic E-state index is 12.4. The van der Waals surface area contributed by atoms with E-state index in [1.54, 1.807) is 6.20 Å². The van der Waals surface area contributed by atoms with E-state index in [1.165, 1.54) is 24.2 Å². The zero-order valence-corrected chi connectivity index (χ0v) is 12.6. The Balaban J connectivity index is 1.46. The zero-order valence-electron chi connectivity index (χ0n) is 11.8. The van der Waals surface area contributed by atoms with Crippen LogP contribution >= 0.6 is 11.3 Å². The summed E-state index contributed by atoms with van der Waals surface area (Å²) in [5.41, 5.74) is 0. The molecule has 2 aliphatic rings. The molecule has 3 unspecified atom stereocenters. The molecule has 0 aromatic carbocycles. The van der Waals surface area contributed by atoms with Crippen LogP contribution in [0.1, 0.15) is 34.8 Å². The molecule has 0 aliphatic carbocycles. The van der Waals surface area contributed by atoms with Gasteiger partial charge in [-0.05, 0) is 31.4 Å². The summed E-state index contributed by atoms with van der Waals surface area (Å²) in [4.78, 5) is 18.1. The number of nitrogens with one attached hydrogen (secondary N) is 2. The van der Waals surface area contributed by atoms with Crippen molar-refractivity contribution >= 4 is 17.2 Å². The second-order valence-electron chi connectivity index (χ2n) is 5.77. The standard InChI is InChI=1S/C15H17N3O2S/c1-8-16-7-12(20-8)13-4-5-14(21-13)15(19)18-11-6-9-2-3-10(11)17-9/h4-5,7,9-11,17H,2-3,6H2,1H3,(H,18,19). The molecule has 2 saturated heterocycles. The van der Waals surface area contributed by atoms with Gasteiger partial charge in [0.1, 0.15) is 0 Å². The molecule has 2 aromatic rings. The van der Waals surface area contributed by atoms with Crippen molar-refractivity contribution in [3.05, 3.63) is 29.1 Å². The van der Waals surface area contributed by atoms with Crippen molar-refractivity contribution in [3.8, 4) is 10.6 Å². The average Bonchev–Trinajstić information content (AvgIpc) is 3.22. The molecule has 0 saturated carbocycles. The summed E-state index contributed by atoms with van der Waals surface area (Å²) in [6.07, 6.45) is 5.16. The Morgan fingerprint density at radius 3 is 3.05 bits per heavy atom. The molecule has 2 N–H and O–H groups in total. The van der Waals surface area contributed by atoms with Crippen LogP contribution in [0.5, 0.6) is 0 Å². The van der Waals surface area contributed by atoms with Gasteiger partial charge in [0.15, 0.2) is 11.7 Å². The van der Waals surface area contributed by atoms with Gasteiger partial charge in [-0.25, -0.2) is 4.98 Å². The van der Waals surface area contributed by atoms with Gasteiger partial charge in [0.25, 0.3) is 5.91 Å². The fourth-order valence-corrected chi connectivity index (χ4v) is 4.15. The number of amides is 1. The van der Waals surface area contributed by atoms with Crippen LogP contribution < -0.4 is 10.6 Å². The van der Waals surface area contributed by atoms with Crippen molar-refractivity contribution in [1.82, 2.24) is 15.6 Å². The minimum Gasteiger partial charge on any atom is -0.440 e. The van der Waals surface area contributed by atoms with E-state index >= 15 is 0 Å². The number of hydrogen-bond donors (Lipinski definition) is 2. The van der Waals surface area contributed by atoms with Gasteiger partial charge in [-0.2, -0.15) is 0 Å². The lowest BCUT2D eigenvalue weighted by Gasteiger charge is -2.20. The normalized spacial score (nSPS) is 27.2. The predicted octanol–water partition coefficient (Wildman–Crippen LogP) is 2.33. The second-order valence-corrected chi connectivity index (χ2v) is 6.85. The quantitative estimate of drug-likeness (QED) is 0.913. The fraction of sp³-hybridized carbons (Fsp3) is 0.467. The highest BCUT2D eigenvalue weighted by atomic mass is 32.1. The van der Waals surface area contributed by atoms with Crippen molar-refractivity contribution in [2.45, 2.75) is 44.3 Å². The van der Waals surface area contributed by atoms with Crippen molar-refractivity contribution < 1.29 is 9.21 Å². The minimum absolute atomic E-state index is 0.0156. The van der Waals surface area contributed by atoms with E-state index in [4.69, 9.17) is 4.42 Å². The number of fused-ring (bicyclic) bond motifs is 2. The van der Waals surface area contributed by atoms with Gasteiger partial charge < -0.3 is 15.1 Å². The SMILES string of the molecule is Cc1ncc(-c2ccc(C(=O)NC3CC4CCC3N4)s2)o1. The fourth-order valence-electron chi connectivity index (χ4n) is 3.29. The van der Waals surface area contributed by atoms with Crippen LogP contribution in [0.4, 0.5) is 0 Å². The highest BCUT2D eigenvalue weighted by molar-refractivity contribution is 7.17. The molecule has 2 fully saturated rings. The molecular formula is C15H17N3O2S. The number of aromatic nitrogens is 1. The lowest BCUT2D eigenvalue weighted by Crippen LogP contribution is -2.42. The number of thiophene rings is 1. The number of rotatable bonds is 3. The van der Waals surface area contributed by atoms with E-state index in [0.717, 1.165) is 21.9 Å². The molecule has 21 heavy (non-hydrogen) atoms. The first-order chi connectivity index (χ1) is 10.2. The average molecular weight is 303 g/mol. The Hall–Kier alpha value is -1.66. The van der Waals surface area contributed by atoms with E-state index in [9.17, 15) is 4.79 Å². The van der Waals surface area contributed by atoms with Crippen molar-refractivity contribution in [2.75, 3.05) is 0 Å². The van der Waals surface area contributed by atoms with E-state index in [1.807, 2.05) is 19.1 Å². The van der Waals surface area contributed by atoms with Gasteiger partial charge in [0.05, 0.1) is 16.0 Å². The predicted molar refractivity (Wildman–Crippen MR) is 80.4 cm³/mol. The summed E-state index contributed by atoms with van der Waals surface area (Å²) in [5.74, 6) is 1.37. The molecule has 6 heteroatoms. The van der Waals surface area contributed by atoms with E-state index in [0.29, 0.717) is 18.0 Å². The molecule has 110 valence electrons. The molecule has 0 spiro atoms. The third kappa shape index (κ3) is 2.38. The molecule has 2 aromatic heterocycles. The molecule has 1 amide bonds. The second kappa shape index (κ2) is 4.96. The smallest absolute Gasteiger partial charge is 0.261 e. The Kier molecular flexibility index (Phi) is 3.08. The van der Waals surface area contributed by atoms with Gasteiger partial charge >= 0.3 is 0 Å². The van der Waals surface area contributed by atoms with Gasteiger partial charge in [-0.3, -0.25) is 4.79 Å². The number of oxazole rings is 1. The molecule has 3 atom stereocenters. The Bertz CT molecular complexity index is 678. The van der Waals surface area contributed by atoms with Crippen LogP contribution in [0.3, 0.4) is 0 Å². The van der Waals surface area contributed by atoms with Crippen LogP contribution in [0.2, 0.25) is 0 Å². The lowest BCUT2D eigenvalue weighted by atomic mass is 9.95. The molecule has 0 radical (unpaired) electrons. The summed E-state index contributed by atoms with van der Waals surface area (Å²) in [6.45, 7) is 1.81. The minimum atomic E-state index is 0.0156. The molecule has 2 bridgehead atoms. The maximum Gasteiger partial charge on any atom is 0.261 e. The number of hydrogen-bond acceptors (Lipinski definition) is 5. The van der Waals surface area contributed by atoms with Gasteiger partial charge in [0.2, 0.25) is 0 Å². The van der Waals surface area contributed by atoms with Gasteiger partial charge in [-0.15, -0.1) is 11.3 Å². The molecule has 2 aliphatic heterocycles. The topological polar surface area (TPSA) is 67.2 Å². The monoisotopic (exact) mass is 303 g/mol. The Morgan fingerprint density at radius 2 is 2.38 bits per heavy atom. The maximum absolute atomic E-state index is 12.4. The first-order valence-corrected chi connectivity index (χ1v) is 8.10. The van der Waals surface area contributed by atoms with Crippen LogP contribution in [0.15, 0.2) is 22.7 Å². The van der Waals surface area contributed by atoms with Gasteiger partial charge in [0, 0.05) is 25.0 Å². The number of nitrogens with zero attached hydrogens (tertiary/aromatic N) is 1. The molecule has 5 nitrogen and oxygen atoms in total. The van der Waals surface area contributed by atoms with Crippen molar-refractivity contribution in [2.24, 2.45) is 0 Å². The first-order valence-electron chi connectivity index (χ1n) is 7.28. The van der Waals surface area contributed by atoms with Crippen molar-refractivity contribution in [3.63, 3.8) is 0 Å². The van der Waals surface area contributed by atoms with E-state index < -0.39 is 0 Å². The summed E-state index contributed by atoms with van der Waals surface area (Å²) < 4.78 is 5.49. The third-order valence-electron chi connectivity index (χ3n) is 4.31. The summed E-state index contributed by atoms with van der Waals surface area (Å²) in [7, 11) is 0. The number of carbonyl (C=O) groups excluding carboxylic acids is 1. The summed E-state index contributed by atoms with van der Waals surface area (Å²) in [5, 5.41) is 6.69. The molecule has 4 rings (SSSR count). The molecular weight excluding hydrogens is 286 g/mol. The van der Waals surface area contributed by atoms with Gasteiger partial charge in [-0.1, -0.05) is 0 Å². The number of carbonyl (C=O) groups is 1. The largest absolute Gasteiger partial charge is 0.440 e. The van der Waals surface area contributed by atoms with Crippen LogP contribution in [-0.2, 0) is 0 Å². The highest BCUT2D eigenvalue weighted by Gasteiger charge is 2.39. The van der Waals surface area contributed by atoms with Crippen LogP contribution in [0, 0.1) is 6.92 Å². The highest BCUT2D eigenvalue weighted by Crippen LogP contribution is 2.30. The molecule has 4 heterocycles. The Morgan fingerprint density at radius 1 is 1.48 bits per heavy atom. The van der Waals surface area contributed by atoms with Crippen LogP contribution in [0.25, 0.3) is 10.6 Å².